The van der Waals surface area contributed by atoms with E-state index < -0.39 is 76.9 Å². The molecule has 0 aromatic carbocycles. The number of hydrogen-bond acceptors (Lipinski definition) is 12. The minimum atomic E-state index is -2.37. The smallest absolute Gasteiger partial charge is 0.339 e. The summed E-state index contributed by atoms with van der Waals surface area (Å²) in [6.45, 7) is 18.6. The molecule has 0 saturated heterocycles. The second kappa shape index (κ2) is 22.8. The minimum Gasteiger partial charge on any atom is -0.479 e. The van der Waals surface area contributed by atoms with Gasteiger partial charge in [-0.05, 0) is 74.7 Å². The average molecular weight is 845 g/mol. The molecule has 0 aromatic rings. The average Bonchev–Trinajstić information content (AvgIpc) is 3.18. The zero-order chi connectivity index (χ0) is 46.4. The monoisotopic (exact) mass is 844 g/mol. The number of aliphatic hydroxyl groups excluding tert-OH is 4. The van der Waals surface area contributed by atoms with Crippen LogP contribution >= 0.6 is 0 Å². The number of rotatable bonds is 18. The molecule has 0 radical (unpaired) electrons. The van der Waals surface area contributed by atoms with Crippen molar-refractivity contribution in [3.63, 3.8) is 0 Å². The summed E-state index contributed by atoms with van der Waals surface area (Å²) in [5.74, 6) is -5.28. The van der Waals surface area contributed by atoms with Gasteiger partial charge in [0.1, 0.15) is 6.10 Å². The fourth-order valence-electron chi connectivity index (χ4n) is 6.65. The quantitative estimate of drug-likeness (QED) is 0.0633. The number of carboxylic acid groups (broad SMARTS) is 1. The summed E-state index contributed by atoms with van der Waals surface area (Å²) in [5.41, 5.74) is 5.05. The van der Waals surface area contributed by atoms with E-state index in [-0.39, 0.29) is 19.1 Å². The number of carboxylic acids is 1. The fourth-order valence-corrected chi connectivity index (χ4v) is 6.65. The minimum absolute atomic E-state index is 0.0216. The standard InChI is InChI=1S/C48H60O13/c1-28(17-13-19-30(3)21-23-34-32(5)39(51)37(25-47(34,7)8)60-45(58)41(53)36(50)27-49)15-11-12-16-29(2)18-14-20-31(4)22-24-35-33(6)40(52)38(26-48(35,9)10)61-46(59)43(55)42(54)44(56)57/h11-24,27,36-38,41-43,50,53-55H,25-26H2,1-10H3,(H,56,57)/b12-11+,17-13+,18-14+,23-21+,24-22+,28-15+,29-16+,30-19+,31-20+. The van der Waals surface area contributed by atoms with Crippen LogP contribution in [-0.2, 0) is 38.2 Å². The number of ether oxygens (including phenoxy) is 2. The molecule has 6 unspecified atom stereocenters. The highest BCUT2D eigenvalue weighted by Gasteiger charge is 2.43. The van der Waals surface area contributed by atoms with Crippen LogP contribution in [0, 0.1) is 10.8 Å². The molecule has 5 N–H and O–H groups in total. The molecule has 0 heterocycles. The fraction of sp³-hybridized carbons (Fsp3) is 0.417. The van der Waals surface area contributed by atoms with E-state index in [0.29, 0.717) is 11.1 Å². The molecule has 0 aliphatic heterocycles. The number of esters is 2. The Balaban J connectivity index is 2.00. The van der Waals surface area contributed by atoms with Crippen molar-refractivity contribution in [2.45, 2.75) is 119 Å². The molecule has 0 saturated carbocycles. The number of aliphatic carboxylic acids is 1. The molecule has 13 heteroatoms. The molecule has 330 valence electrons. The van der Waals surface area contributed by atoms with Gasteiger partial charge in [0, 0.05) is 12.8 Å². The first-order valence-corrected chi connectivity index (χ1v) is 19.7. The van der Waals surface area contributed by atoms with E-state index in [1.807, 2.05) is 140 Å². The van der Waals surface area contributed by atoms with Crippen molar-refractivity contribution < 1.29 is 63.8 Å². The molecular formula is C48H60O13. The largest absolute Gasteiger partial charge is 0.479 e. The van der Waals surface area contributed by atoms with Gasteiger partial charge in [-0.1, -0.05) is 135 Å². The lowest BCUT2D eigenvalue weighted by molar-refractivity contribution is -0.175. The molecule has 0 bridgehead atoms. The second-order valence-electron chi connectivity index (χ2n) is 16.5. The van der Waals surface area contributed by atoms with Crippen molar-refractivity contribution >= 4 is 35.8 Å². The third kappa shape index (κ3) is 15.1. The Morgan fingerprint density at radius 2 is 0.934 bits per heavy atom. The van der Waals surface area contributed by atoms with Gasteiger partial charge in [-0.25, -0.2) is 14.4 Å². The summed E-state index contributed by atoms with van der Waals surface area (Å²) in [6.07, 6.45) is 16.1. The molecule has 13 nitrogen and oxygen atoms in total. The highest BCUT2D eigenvalue weighted by atomic mass is 16.6. The summed E-state index contributed by atoms with van der Waals surface area (Å²) in [6, 6.07) is 0. The maximum atomic E-state index is 13.0. The van der Waals surface area contributed by atoms with E-state index in [1.165, 1.54) is 0 Å². The van der Waals surface area contributed by atoms with Crippen LogP contribution < -0.4 is 0 Å². The van der Waals surface area contributed by atoms with Gasteiger partial charge in [0.05, 0.1) is 0 Å². The lowest BCUT2D eigenvalue weighted by Crippen LogP contribution is -2.45. The van der Waals surface area contributed by atoms with Crippen LogP contribution in [0.25, 0.3) is 0 Å². The lowest BCUT2D eigenvalue weighted by atomic mass is 9.71. The molecule has 0 fully saturated rings. The molecule has 2 aliphatic carbocycles. The molecule has 0 aromatic heterocycles. The van der Waals surface area contributed by atoms with Crippen LogP contribution in [0.15, 0.2) is 130 Å². The van der Waals surface area contributed by atoms with Crippen molar-refractivity contribution in [1.82, 2.24) is 0 Å². The molecule has 0 amide bonds. The van der Waals surface area contributed by atoms with Gasteiger partial charge in [-0.15, -0.1) is 0 Å². The van der Waals surface area contributed by atoms with Gasteiger partial charge >= 0.3 is 17.9 Å². The first kappa shape index (κ1) is 51.5. The van der Waals surface area contributed by atoms with Crippen LogP contribution in [-0.4, -0.2) is 97.9 Å². The summed E-state index contributed by atoms with van der Waals surface area (Å²) in [7, 11) is 0. The maximum absolute atomic E-state index is 13.0. The molecule has 61 heavy (non-hydrogen) atoms. The van der Waals surface area contributed by atoms with Crippen molar-refractivity contribution in [2.24, 2.45) is 10.8 Å². The van der Waals surface area contributed by atoms with Gasteiger partial charge in [-0.2, -0.15) is 0 Å². The zero-order valence-corrected chi connectivity index (χ0v) is 36.5. The van der Waals surface area contributed by atoms with Gasteiger partial charge < -0.3 is 39.8 Å². The van der Waals surface area contributed by atoms with Crippen LogP contribution in [0.1, 0.15) is 82.1 Å². The predicted molar refractivity (Wildman–Crippen MR) is 230 cm³/mol. The van der Waals surface area contributed by atoms with E-state index in [2.05, 4.69) is 0 Å². The third-order valence-electron chi connectivity index (χ3n) is 10.3. The number of hydrogen-bond donors (Lipinski definition) is 5. The maximum Gasteiger partial charge on any atom is 0.339 e. The normalized spacial score (nSPS) is 22.8. The first-order chi connectivity index (χ1) is 28.3. The Kier molecular flexibility index (Phi) is 19.3. The molecule has 2 aliphatic rings. The number of carbonyl (C=O) groups is 6. The predicted octanol–water partition coefficient (Wildman–Crippen LogP) is 5.73. The van der Waals surface area contributed by atoms with Crippen LogP contribution in [0.2, 0.25) is 0 Å². The van der Waals surface area contributed by atoms with Gasteiger partial charge in [0.25, 0.3) is 0 Å². The van der Waals surface area contributed by atoms with Crippen molar-refractivity contribution in [1.29, 1.82) is 0 Å². The van der Waals surface area contributed by atoms with E-state index in [0.717, 1.165) is 33.4 Å². The van der Waals surface area contributed by atoms with E-state index in [1.54, 1.807) is 13.8 Å². The highest BCUT2D eigenvalue weighted by molar-refractivity contribution is 6.02. The van der Waals surface area contributed by atoms with E-state index in [9.17, 15) is 49.2 Å². The SMILES string of the molecule is CC1=C(/C=C/C(C)=C/C=C/C(C)=C/C=C/C=C(C)/C=C/C=C(C)/C=C/C2=C(C)C(=O)C(OC(=O)C(O)C(O)C(=O)O)CC2(C)C)C(C)(C)CC(OC(=O)C(O)C(O)C=O)C1=O. The zero-order valence-electron chi connectivity index (χ0n) is 36.5. The molecule has 0 spiro atoms. The first-order valence-electron chi connectivity index (χ1n) is 19.7. The van der Waals surface area contributed by atoms with Crippen LogP contribution in [0.3, 0.4) is 0 Å². The Morgan fingerprint density at radius 1 is 0.590 bits per heavy atom. The third-order valence-corrected chi connectivity index (χ3v) is 10.3. The number of Topliss-reactive ketones (excluding diaryl/α,β-unsaturated/α-hetero) is 2. The van der Waals surface area contributed by atoms with Gasteiger partial charge in [0.15, 0.2) is 48.4 Å². The van der Waals surface area contributed by atoms with E-state index in [4.69, 9.17) is 14.6 Å². The van der Waals surface area contributed by atoms with Crippen molar-refractivity contribution in [3.05, 3.63) is 130 Å². The topological polar surface area (TPSA) is 222 Å². The Bertz CT molecular complexity index is 2060. The lowest BCUT2D eigenvalue weighted by Gasteiger charge is -2.36. The van der Waals surface area contributed by atoms with E-state index >= 15 is 0 Å². The Morgan fingerprint density at radius 3 is 1.30 bits per heavy atom. The summed E-state index contributed by atoms with van der Waals surface area (Å²) >= 11 is 0. The van der Waals surface area contributed by atoms with Crippen molar-refractivity contribution in [2.75, 3.05) is 0 Å². The molecule has 6 atom stereocenters. The summed E-state index contributed by atoms with van der Waals surface area (Å²) in [4.78, 5) is 72.0. The van der Waals surface area contributed by atoms with Gasteiger partial charge in [0.2, 0.25) is 0 Å². The number of aldehydes is 1. The van der Waals surface area contributed by atoms with Crippen molar-refractivity contribution in [3.8, 4) is 0 Å². The van der Waals surface area contributed by atoms with Crippen LogP contribution in [0.5, 0.6) is 0 Å². The molecule has 2 rings (SSSR count). The highest BCUT2D eigenvalue weighted by Crippen LogP contribution is 2.42. The Labute approximate surface area is 357 Å². The number of ketones is 2. The summed E-state index contributed by atoms with van der Waals surface area (Å²) in [5, 5.41) is 47.3. The second-order valence-corrected chi connectivity index (χ2v) is 16.5. The number of allylic oxidation sites excluding steroid dienone is 20. The summed E-state index contributed by atoms with van der Waals surface area (Å²) < 4.78 is 10.3. The number of aliphatic hydroxyl groups is 4. The molecular weight excluding hydrogens is 785 g/mol. The van der Waals surface area contributed by atoms with Crippen LogP contribution in [0.4, 0.5) is 0 Å². The Hall–Kier alpha value is -5.60. The number of carbonyl (C=O) groups excluding carboxylic acids is 5. The van der Waals surface area contributed by atoms with Gasteiger partial charge in [-0.3, -0.25) is 9.59 Å².